The zero-order valence-corrected chi connectivity index (χ0v) is 14.8. The Labute approximate surface area is 141 Å². The van der Waals surface area contributed by atoms with Gasteiger partial charge in [-0.3, -0.25) is 4.79 Å². The van der Waals surface area contributed by atoms with Gasteiger partial charge in [0, 0.05) is 26.1 Å². The number of rotatable bonds is 7. The van der Waals surface area contributed by atoms with Gasteiger partial charge in [-0.2, -0.15) is 0 Å². The Hall–Kier alpha value is -1.35. The van der Waals surface area contributed by atoms with E-state index >= 15 is 0 Å². The Kier molecular flexibility index (Phi) is 7.10. The largest absolute Gasteiger partial charge is 0.343 e. The summed E-state index contributed by atoms with van der Waals surface area (Å²) in [4.78, 5) is 14.4. The van der Waals surface area contributed by atoms with Crippen LogP contribution >= 0.6 is 0 Å². The van der Waals surface area contributed by atoms with E-state index in [9.17, 15) is 4.79 Å². The molecule has 0 spiro atoms. The molecule has 2 N–H and O–H groups in total. The molecule has 23 heavy (non-hydrogen) atoms. The van der Waals surface area contributed by atoms with Crippen molar-refractivity contribution in [2.75, 3.05) is 13.1 Å². The highest BCUT2D eigenvalue weighted by Gasteiger charge is 2.23. The average molecular weight is 316 g/mol. The quantitative estimate of drug-likeness (QED) is 0.824. The van der Waals surface area contributed by atoms with E-state index in [1.54, 1.807) is 0 Å². The summed E-state index contributed by atoms with van der Waals surface area (Å²) in [6, 6.07) is 8.62. The van der Waals surface area contributed by atoms with Crippen molar-refractivity contribution in [3.63, 3.8) is 0 Å². The van der Waals surface area contributed by atoms with Gasteiger partial charge in [0.2, 0.25) is 5.91 Å². The lowest BCUT2D eigenvalue weighted by molar-refractivity contribution is -0.132. The molecule has 2 rings (SSSR count). The molecule has 0 aliphatic carbocycles. The first kappa shape index (κ1) is 18.0. The smallest absolute Gasteiger partial charge is 0.222 e. The summed E-state index contributed by atoms with van der Waals surface area (Å²) in [5.41, 5.74) is 8.32. The fourth-order valence-electron chi connectivity index (χ4n) is 3.40. The van der Waals surface area contributed by atoms with Crippen LogP contribution in [0.5, 0.6) is 0 Å². The van der Waals surface area contributed by atoms with Crippen molar-refractivity contribution < 1.29 is 4.79 Å². The number of hydrogen-bond donors (Lipinski definition) is 1. The van der Waals surface area contributed by atoms with Gasteiger partial charge in [-0.05, 0) is 42.2 Å². The van der Waals surface area contributed by atoms with Crippen LogP contribution in [0.2, 0.25) is 0 Å². The van der Waals surface area contributed by atoms with E-state index in [2.05, 4.69) is 43.0 Å². The first-order valence-corrected chi connectivity index (χ1v) is 9.20. The molecule has 1 fully saturated rings. The Bertz CT molecular complexity index is 492. The molecule has 1 heterocycles. The van der Waals surface area contributed by atoms with Crippen molar-refractivity contribution in [2.24, 2.45) is 11.7 Å². The Morgan fingerprint density at radius 2 is 2.09 bits per heavy atom. The summed E-state index contributed by atoms with van der Waals surface area (Å²) in [5.74, 6) is 1.66. The molecule has 1 aromatic rings. The minimum atomic E-state index is 0.350. The van der Waals surface area contributed by atoms with Crippen molar-refractivity contribution in [3.05, 3.63) is 35.4 Å². The van der Waals surface area contributed by atoms with Crippen molar-refractivity contribution in [2.45, 2.75) is 64.8 Å². The molecule has 3 nitrogen and oxygen atoms in total. The maximum atomic E-state index is 12.3. The number of benzene rings is 1. The summed E-state index contributed by atoms with van der Waals surface area (Å²) in [7, 11) is 0. The van der Waals surface area contributed by atoms with Crippen LogP contribution in [-0.4, -0.2) is 23.9 Å². The molecule has 1 amide bonds. The normalized spacial score (nSPS) is 17.3. The Balaban J connectivity index is 1.77. The molecule has 1 atom stereocenters. The maximum Gasteiger partial charge on any atom is 0.222 e. The average Bonchev–Trinajstić information content (AvgIpc) is 2.61. The highest BCUT2D eigenvalue weighted by molar-refractivity contribution is 5.76. The third-order valence-electron chi connectivity index (χ3n) is 5.29. The predicted octanol–water partition coefficient (Wildman–Crippen LogP) is 4.07. The molecule has 3 heteroatoms. The van der Waals surface area contributed by atoms with E-state index in [0.717, 1.165) is 44.7 Å². The highest BCUT2D eigenvalue weighted by atomic mass is 16.2. The fraction of sp³-hybridized carbons (Fsp3) is 0.650. The zero-order valence-electron chi connectivity index (χ0n) is 14.8. The van der Waals surface area contributed by atoms with Crippen molar-refractivity contribution in [1.29, 1.82) is 0 Å². The van der Waals surface area contributed by atoms with Crippen molar-refractivity contribution in [3.8, 4) is 0 Å². The number of nitrogens with two attached hydrogens (primary N) is 1. The van der Waals surface area contributed by atoms with Crippen LogP contribution in [0.1, 0.15) is 69.4 Å². The summed E-state index contributed by atoms with van der Waals surface area (Å²) >= 11 is 0. The molecule has 1 saturated heterocycles. The standard InChI is InChI=1S/C20H32N2O/c1-3-16(2)6-4-9-20(23)22-12-10-18(11-13-22)19-8-5-7-17(14-19)15-21/h5,7-8,14,16,18H,3-4,6,9-13,15,21H2,1-2H3. The molecule has 1 aliphatic rings. The number of amides is 1. The number of hydrogen-bond acceptors (Lipinski definition) is 2. The second-order valence-corrected chi connectivity index (χ2v) is 7.01. The first-order valence-electron chi connectivity index (χ1n) is 9.20. The zero-order chi connectivity index (χ0) is 16.7. The summed E-state index contributed by atoms with van der Waals surface area (Å²) in [5, 5.41) is 0. The monoisotopic (exact) mass is 316 g/mol. The van der Waals surface area contributed by atoms with Gasteiger partial charge in [0.05, 0.1) is 0 Å². The van der Waals surface area contributed by atoms with E-state index in [1.807, 2.05) is 0 Å². The Morgan fingerprint density at radius 3 is 2.74 bits per heavy atom. The first-order chi connectivity index (χ1) is 11.1. The van der Waals surface area contributed by atoms with E-state index in [0.29, 0.717) is 18.4 Å². The lowest BCUT2D eigenvalue weighted by atomic mass is 9.88. The molecule has 1 aromatic carbocycles. The molecular formula is C20H32N2O. The molecule has 0 aromatic heterocycles. The maximum absolute atomic E-state index is 12.3. The van der Waals surface area contributed by atoms with Gasteiger partial charge in [-0.15, -0.1) is 0 Å². The predicted molar refractivity (Wildman–Crippen MR) is 96.2 cm³/mol. The lowest BCUT2D eigenvalue weighted by Crippen LogP contribution is -2.37. The highest BCUT2D eigenvalue weighted by Crippen LogP contribution is 2.29. The van der Waals surface area contributed by atoms with Crippen LogP contribution in [0.15, 0.2) is 24.3 Å². The number of nitrogens with zero attached hydrogens (tertiary/aromatic N) is 1. The van der Waals surface area contributed by atoms with Crippen LogP contribution in [0.25, 0.3) is 0 Å². The SMILES string of the molecule is CCC(C)CCCC(=O)N1CCC(c2cccc(CN)c2)CC1. The number of carbonyl (C=O) groups is 1. The van der Waals surface area contributed by atoms with Crippen LogP contribution in [-0.2, 0) is 11.3 Å². The summed E-state index contributed by atoms with van der Waals surface area (Å²) in [6.07, 6.45) is 6.28. The molecular weight excluding hydrogens is 284 g/mol. The van der Waals surface area contributed by atoms with Gasteiger partial charge >= 0.3 is 0 Å². The van der Waals surface area contributed by atoms with Crippen LogP contribution in [0.3, 0.4) is 0 Å². The second kappa shape index (κ2) is 9.07. The van der Waals surface area contributed by atoms with Crippen molar-refractivity contribution >= 4 is 5.91 Å². The van der Waals surface area contributed by atoms with Crippen LogP contribution in [0, 0.1) is 5.92 Å². The van der Waals surface area contributed by atoms with Crippen LogP contribution in [0.4, 0.5) is 0 Å². The van der Waals surface area contributed by atoms with E-state index in [-0.39, 0.29) is 0 Å². The minimum absolute atomic E-state index is 0.350. The molecule has 1 aliphatic heterocycles. The molecule has 0 bridgehead atoms. The minimum Gasteiger partial charge on any atom is -0.343 e. The van der Waals surface area contributed by atoms with E-state index < -0.39 is 0 Å². The number of piperidine rings is 1. The van der Waals surface area contributed by atoms with Gasteiger partial charge < -0.3 is 10.6 Å². The third-order valence-corrected chi connectivity index (χ3v) is 5.29. The molecule has 1 unspecified atom stereocenters. The van der Waals surface area contributed by atoms with Gasteiger partial charge in [0.15, 0.2) is 0 Å². The number of carbonyl (C=O) groups excluding carboxylic acids is 1. The topological polar surface area (TPSA) is 46.3 Å². The second-order valence-electron chi connectivity index (χ2n) is 7.01. The van der Waals surface area contributed by atoms with Crippen LogP contribution < -0.4 is 5.73 Å². The molecule has 128 valence electrons. The summed E-state index contributed by atoms with van der Waals surface area (Å²) in [6.45, 7) is 6.89. The van der Waals surface area contributed by atoms with Crippen molar-refractivity contribution in [1.82, 2.24) is 4.90 Å². The Morgan fingerprint density at radius 1 is 1.35 bits per heavy atom. The third kappa shape index (κ3) is 5.35. The van der Waals surface area contributed by atoms with Gasteiger partial charge in [-0.1, -0.05) is 51.0 Å². The van der Waals surface area contributed by atoms with Gasteiger partial charge in [0.25, 0.3) is 0 Å². The molecule has 0 radical (unpaired) electrons. The van der Waals surface area contributed by atoms with E-state index in [1.165, 1.54) is 24.0 Å². The molecule has 0 saturated carbocycles. The fourth-order valence-corrected chi connectivity index (χ4v) is 3.40. The summed E-state index contributed by atoms with van der Waals surface area (Å²) < 4.78 is 0. The van der Waals surface area contributed by atoms with Gasteiger partial charge in [-0.25, -0.2) is 0 Å². The van der Waals surface area contributed by atoms with E-state index in [4.69, 9.17) is 5.73 Å². The number of likely N-dealkylation sites (tertiary alicyclic amines) is 1. The van der Waals surface area contributed by atoms with Gasteiger partial charge in [0.1, 0.15) is 0 Å². The lowest BCUT2D eigenvalue weighted by Gasteiger charge is -2.32.